The molecule has 0 unspecified atom stereocenters. The summed E-state index contributed by atoms with van der Waals surface area (Å²) < 4.78 is 1.94. The minimum absolute atomic E-state index is 0. The number of rotatable bonds is 4. The van der Waals surface area contributed by atoms with Crippen molar-refractivity contribution >= 4 is 35.2 Å². The lowest BCUT2D eigenvalue weighted by atomic mass is 10.4. The van der Waals surface area contributed by atoms with E-state index in [1.807, 2.05) is 23.9 Å². The molecule has 0 fully saturated rings. The number of nitrogens with zero attached hydrogens (tertiary/aromatic N) is 3. The molecule has 2 rings (SSSR count). The summed E-state index contributed by atoms with van der Waals surface area (Å²) in [6.45, 7) is 2.94. The minimum atomic E-state index is 0. The van der Waals surface area contributed by atoms with Crippen molar-refractivity contribution in [3.63, 3.8) is 0 Å². The van der Waals surface area contributed by atoms with E-state index in [-0.39, 0.29) is 12.4 Å². The van der Waals surface area contributed by atoms with Gasteiger partial charge in [-0.25, -0.2) is 5.84 Å². The van der Waals surface area contributed by atoms with Gasteiger partial charge in [-0.3, -0.25) is 0 Å². The lowest BCUT2D eigenvalue weighted by Crippen LogP contribution is -2.12. The molecule has 7 heteroatoms. The van der Waals surface area contributed by atoms with Crippen LogP contribution in [0.5, 0.6) is 0 Å². The van der Waals surface area contributed by atoms with E-state index in [0.717, 1.165) is 24.0 Å². The highest BCUT2D eigenvalue weighted by Gasteiger charge is 2.08. The van der Waals surface area contributed by atoms with Gasteiger partial charge < -0.3 is 15.3 Å². The zero-order chi connectivity index (χ0) is 11.5. The highest BCUT2D eigenvalue weighted by atomic mass is 35.5. The molecule has 6 nitrogen and oxygen atoms in total. The highest BCUT2D eigenvalue weighted by Crippen LogP contribution is 2.21. The quantitative estimate of drug-likeness (QED) is 0.571. The summed E-state index contributed by atoms with van der Waals surface area (Å²) in [6.07, 6.45) is 2.96. The van der Waals surface area contributed by atoms with Crippen molar-refractivity contribution in [1.82, 2.24) is 14.5 Å². The van der Waals surface area contributed by atoms with Crippen LogP contribution < -0.4 is 16.6 Å². The van der Waals surface area contributed by atoms with Crippen LogP contribution in [0.25, 0.3) is 11.0 Å². The van der Waals surface area contributed by atoms with E-state index in [1.165, 1.54) is 0 Å². The average molecular weight is 257 g/mol. The number of hydrogen-bond donors (Lipinski definition) is 3. The second kappa shape index (κ2) is 5.70. The van der Waals surface area contributed by atoms with Gasteiger partial charge in [-0.1, -0.05) is 6.92 Å². The number of aryl methyl sites for hydroxylation is 1. The second-order valence-electron chi connectivity index (χ2n) is 3.63. The molecule has 2 heterocycles. The molecule has 2 aromatic heterocycles. The summed E-state index contributed by atoms with van der Waals surface area (Å²) in [6, 6.07) is 1.94. The third-order valence-electron chi connectivity index (χ3n) is 2.39. The molecule has 0 amide bonds. The number of hydrogen-bond acceptors (Lipinski definition) is 5. The Bertz CT molecular complexity index is 495. The molecule has 0 saturated heterocycles. The molecule has 0 aliphatic rings. The molecule has 0 bridgehead atoms. The normalized spacial score (nSPS) is 10.1. The Balaban J connectivity index is 0.00000144. The van der Waals surface area contributed by atoms with Crippen LogP contribution in [0.1, 0.15) is 13.3 Å². The number of nitrogen functional groups attached to an aromatic ring is 1. The number of nitrogens with two attached hydrogens (primary N) is 1. The molecule has 94 valence electrons. The van der Waals surface area contributed by atoms with Crippen molar-refractivity contribution in [2.24, 2.45) is 12.9 Å². The van der Waals surface area contributed by atoms with Crippen LogP contribution in [-0.2, 0) is 7.05 Å². The monoisotopic (exact) mass is 256 g/mol. The van der Waals surface area contributed by atoms with Crippen LogP contribution in [0.2, 0.25) is 0 Å². The van der Waals surface area contributed by atoms with E-state index in [0.29, 0.717) is 11.8 Å². The first-order valence-corrected chi connectivity index (χ1v) is 5.29. The molecular weight excluding hydrogens is 240 g/mol. The molecule has 0 saturated carbocycles. The summed E-state index contributed by atoms with van der Waals surface area (Å²) in [5, 5.41) is 4.07. The van der Waals surface area contributed by atoms with E-state index in [4.69, 9.17) is 5.84 Å². The molecule has 0 atom stereocenters. The molecule has 0 aromatic carbocycles. The van der Waals surface area contributed by atoms with Gasteiger partial charge in [0.1, 0.15) is 5.65 Å². The lowest BCUT2D eigenvalue weighted by molar-refractivity contribution is 0.927. The van der Waals surface area contributed by atoms with Gasteiger partial charge in [0.25, 0.3) is 0 Å². The van der Waals surface area contributed by atoms with Crippen LogP contribution in [-0.4, -0.2) is 21.1 Å². The van der Waals surface area contributed by atoms with E-state index in [2.05, 4.69) is 27.6 Å². The summed E-state index contributed by atoms with van der Waals surface area (Å²) in [5.74, 6) is 6.69. The number of halogens is 1. The maximum absolute atomic E-state index is 5.45. The predicted octanol–water partition coefficient (Wildman–Crippen LogP) is 1.50. The van der Waals surface area contributed by atoms with Gasteiger partial charge in [-0.15, -0.1) is 12.4 Å². The Morgan fingerprint density at radius 1 is 1.41 bits per heavy atom. The van der Waals surface area contributed by atoms with Crippen molar-refractivity contribution in [2.75, 3.05) is 17.3 Å². The number of nitrogens with one attached hydrogen (secondary N) is 2. The molecule has 0 radical (unpaired) electrons. The minimum Gasteiger partial charge on any atom is -0.354 e. The summed E-state index contributed by atoms with van der Waals surface area (Å²) in [4.78, 5) is 8.72. The Morgan fingerprint density at radius 3 is 2.82 bits per heavy atom. The molecule has 17 heavy (non-hydrogen) atoms. The molecule has 0 aliphatic heterocycles. The van der Waals surface area contributed by atoms with Crippen molar-refractivity contribution < 1.29 is 0 Å². The maximum Gasteiger partial charge on any atom is 0.226 e. The number of hydrazine groups is 1. The predicted molar refractivity (Wildman–Crippen MR) is 72.3 cm³/mol. The molecule has 0 aliphatic carbocycles. The van der Waals surface area contributed by atoms with Crippen LogP contribution in [0, 0.1) is 0 Å². The Hall–Kier alpha value is -1.53. The molecule has 2 aromatic rings. The first-order chi connectivity index (χ1) is 7.76. The van der Waals surface area contributed by atoms with Crippen molar-refractivity contribution in [3.05, 3.63) is 12.3 Å². The van der Waals surface area contributed by atoms with Gasteiger partial charge in [-0.2, -0.15) is 9.97 Å². The largest absolute Gasteiger partial charge is 0.354 e. The zero-order valence-electron chi connectivity index (χ0n) is 9.90. The van der Waals surface area contributed by atoms with E-state index >= 15 is 0 Å². The standard InChI is InChI=1S/C10H16N6.ClH/c1-3-5-12-10-13-8(15-11)7-4-6-16(2)9(7)14-10;/h4,6H,3,5,11H2,1-2H3,(H2,12,13,14,15);1H. The highest BCUT2D eigenvalue weighted by molar-refractivity contribution is 5.88. The fourth-order valence-corrected chi connectivity index (χ4v) is 1.56. The number of aromatic nitrogens is 3. The molecule has 0 spiro atoms. The number of anilines is 2. The SMILES string of the molecule is CCCNc1nc(NN)c2ccn(C)c2n1.Cl. The fraction of sp³-hybridized carbons (Fsp3) is 0.400. The second-order valence-corrected chi connectivity index (χ2v) is 3.63. The fourth-order valence-electron chi connectivity index (χ4n) is 1.56. The van der Waals surface area contributed by atoms with Crippen LogP contribution in [0.4, 0.5) is 11.8 Å². The van der Waals surface area contributed by atoms with Crippen LogP contribution in [0.3, 0.4) is 0 Å². The van der Waals surface area contributed by atoms with Crippen molar-refractivity contribution in [1.29, 1.82) is 0 Å². The van der Waals surface area contributed by atoms with Gasteiger partial charge in [0.2, 0.25) is 5.95 Å². The van der Waals surface area contributed by atoms with Crippen LogP contribution in [0.15, 0.2) is 12.3 Å². The Morgan fingerprint density at radius 2 is 2.18 bits per heavy atom. The third kappa shape index (κ3) is 2.59. The summed E-state index contributed by atoms with van der Waals surface area (Å²) >= 11 is 0. The first kappa shape index (κ1) is 13.5. The van der Waals surface area contributed by atoms with Crippen molar-refractivity contribution in [3.8, 4) is 0 Å². The zero-order valence-corrected chi connectivity index (χ0v) is 10.7. The van der Waals surface area contributed by atoms with E-state index in [1.54, 1.807) is 0 Å². The first-order valence-electron chi connectivity index (χ1n) is 5.29. The maximum atomic E-state index is 5.45. The molecular formula is C10H17ClN6. The van der Waals surface area contributed by atoms with Gasteiger partial charge >= 0.3 is 0 Å². The van der Waals surface area contributed by atoms with Gasteiger partial charge in [-0.05, 0) is 12.5 Å². The summed E-state index contributed by atoms with van der Waals surface area (Å²) in [5.41, 5.74) is 3.46. The van der Waals surface area contributed by atoms with Crippen molar-refractivity contribution in [2.45, 2.75) is 13.3 Å². The Labute approximate surface area is 106 Å². The smallest absolute Gasteiger partial charge is 0.226 e. The van der Waals surface area contributed by atoms with E-state index < -0.39 is 0 Å². The third-order valence-corrected chi connectivity index (χ3v) is 2.39. The van der Waals surface area contributed by atoms with Crippen LogP contribution >= 0.6 is 12.4 Å². The molecule has 4 N–H and O–H groups in total. The lowest BCUT2D eigenvalue weighted by Gasteiger charge is -2.07. The van der Waals surface area contributed by atoms with Gasteiger partial charge in [0.05, 0.1) is 5.39 Å². The van der Waals surface area contributed by atoms with Gasteiger partial charge in [0.15, 0.2) is 5.82 Å². The topological polar surface area (TPSA) is 80.8 Å². The van der Waals surface area contributed by atoms with Gasteiger partial charge in [0, 0.05) is 19.8 Å². The Kier molecular flexibility index (Phi) is 4.53. The van der Waals surface area contributed by atoms with E-state index in [9.17, 15) is 0 Å². The summed E-state index contributed by atoms with van der Waals surface area (Å²) in [7, 11) is 1.94. The average Bonchev–Trinajstić information content (AvgIpc) is 2.68. The number of fused-ring (bicyclic) bond motifs is 1.